The molecule has 0 radical (unpaired) electrons. The largest absolute Gasteiger partial charge is 0.383 e. The first-order valence-electron chi connectivity index (χ1n) is 3.23. The van der Waals surface area contributed by atoms with Crippen LogP contribution in [-0.4, -0.2) is 4.98 Å². The van der Waals surface area contributed by atoms with Crippen molar-refractivity contribution >= 4 is 5.82 Å². The molecule has 12 heavy (non-hydrogen) atoms. The fourth-order valence-corrected chi connectivity index (χ4v) is 0.950. The summed E-state index contributed by atoms with van der Waals surface area (Å²) in [5.41, 5.74) is 4.82. The molecule has 0 unspecified atom stereocenters. The van der Waals surface area contributed by atoms with Crippen LogP contribution in [0.3, 0.4) is 0 Å². The number of rotatable bonds is 1. The minimum absolute atomic E-state index is 0.120. The summed E-state index contributed by atoms with van der Waals surface area (Å²) in [5, 5.41) is 0. The molecule has 0 saturated carbocycles. The fraction of sp³-hybridized carbons (Fsp3) is 0.286. The molecule has 0 aliphatic rings. The predicted octanol–water partition coefficient (Wildman–Crippen LogP) is 2.05. The van der Waals surface area contributed by atoms with Crippen molar-refractivity contribution in [3.8, 4) is 0 Å². The highest BCUT2D eigenvalue weighted by molar-refractivity contribution is 5.44. The SMILES string of the molecule is Cc1cc(F)nc(N)c1C(F)F. The summed E-state index contributed by atoms with van der Waals surface area (Å²) in [4.78, 5) is 3.09. The Morgan fingerprint density at radius 1 is 1.50 bits per heavy atom. The normalized spacial score (nSPS) is 10.8. The van der Waals surface area contributed by atoms with Gasteiger partial charge in [-0.15, -0.1) is 0 Å². The Morgan fingerprint density at radius 2 is 2.08 bits per heavy atom. The molecule has 0 amide bonds. The van der Waals surface area contributed by atoms with Gasteiger partial charge in [0, 0.05) is 0 Å². The lowest BCUT2D eigenvalue weighted by Crippen LogP contribution is -2.02. The van der Waals surface area contributed by atoms with Gasteiger partial charge in [-0.3, -0.25) is 0 Å². The van der Waals surface area contributed by atoms with Crippen LogP contribution in [0, 0.1) is 12.9 Å². The second-order valence-corrected chi connectivity index (χ2v) is 2.36. The molecule has 0 aliphatic carbocycles. The van der Waals surface area contributed by atoms with Gasteiger partial charge in [0.25, 0.3) is 6.43 Å². The minimum atomic E-state index is -2.71. The number of aromatic nitrogens is 1. The summed E-state index contributed by atoms with van der Waals surface area (Å²) >= 11 is 0. The molecule has 1 rings (SSSR count). The van der Waals surface area contributed by atoms with Crippen LogP contribution < -0.4 is 5.73 Å². The van der Waals surface area contributed by atoms with Crippen molar-refractivity contribution in [1.29, 1.82) is 0 Å². The van der Waals surface area contributed by atoms with E-state index in [0.717, 1.165) is 6.07 Å². The van der Waals surface area contributed by atoms with Crippen molar-refractivity contribution in [1.82, 2.24) is 4.98 Å². The van der Waals surface area contributed by atoms with Crippen molar-refractivity contribution in [2.24, 2.45) is 0 Å². The van der Waals surface area contributed by atoms with Crippen LogP contribution in [0.5, 0.6) is 0 Å². The third kappa shape index (κ3) is 1.49. The van der Waals surface area contributed by atoms with E-state index >= 15 is 0 Å². The first-order chi connectivity index (χ1) is 5.52. The highest BCUT2D eigenvalue weighted by atomic mass is 19.3. The average molecular weight is 176 g/mol. The van der Waals surface area contributed by atoms with Gasteiger partial charge >= 0.3 is 0 Å². The summed E-state index contributed by atoms with van der Waals surface area (Å²) in [7, 11) is 0. The maximum atomic E-state index is 12.4. The Bertz CT molecular complexity index is 276. The Morgan fingerprint density at radius 3 is 2.50 bits per heavy atom. The van der Waals surface area contributed by atoms with Gasteiger partial charge < -0.3 is 5.73 Å². The number of halogens is 3. The smallest absolute Gasteiger partial charge is 0.267 e. The quantitative estimate of drug-likeness (QED) is 0.665. The molecule has 1 aromatic heterocycles. The number of alkyl halides is 2. The van der Waals surface area contributed by atoms with Crippen molar-refractivity contribution in [2.45, 2.75) is 13.3 Å². The van der Waals surface area contributed by atoms with E-state index in [4.69, 9.17) is 5.73 Å². The molecule has 2 N–H and O–H groups in total. The zero-order valence-electron chi connectivity index (χ0n) is 6.31. The number of nitrogens with zero attached hydrogens (tertiary/aromatic N) is 1. The second kappa shape index (κ2) is 3.00. The van der Waals surface area contributed by atoms with Gasteiger partial charge in [0.2, 0.25) is 5.95 Å². The molecule has 1 aromatic rings. The van der Waals surface area contributed by atoms with Gasteiger partial charge in [0.1, 0.15) is 5.82 Å². The van der Waals surface area contributed by atoms with Crippen LogP contribution >= 0.6 is 0 Å². The van der Waals surface area contributed by atoms with Gasteiger partial charge in [-0.1, -0.05) is 0 Å². The molecule has 2 nitrogen and oxygen atoms in total. The highest BCUT2D eigenvalue weighted by Crippen LogP contribution is 2.26. The number of aryl methyl sites for hydroxylation is 1. The van der Waals surface area contributed by atoms with E-state index in [2.05, 4.69) is 4.98 Å². The highest BCUT2D eigenvalue weighted by Gasteiger charge is 2.16. The summed E-state index contributed by atoms with van der Waals surface area (Å²) in [6, 6.07) is 0.928. The third-order valence-electron chi connectivity index (χ3n) is 1.48. The number of nitrogen functional groups attached to an aromatic ring is 1. The van der Waals surface area contributed by atoms with E-state index in [1.165, 1.54) is 6.92 Å². The maximum absolute atomic E-state index is 12.4. The summed E-state index contributed by atoms with van der Waals surface area (Å²) in [6.07, 6.45) is -2.71. The van der Waals surface area contributed by atoms with Crippen LogP contribution in [0.1, 0.15) is 17.6 Å². The van der Waals surface area contributed by atoms with E-state index in [-0.39, 0.29) is 5.56 Å². The van der Waals surface area contributed by atoms with E-state index in [1.54, 1.807) is 0 Å². The van der Waals surface area contributed by atoms with Gasteiger partial charge in [0.15, 0.2) is 0 Å². The van der Waals surface area contributed by atoms with E-state index < -0.39 is 23.8 Å². The van der Waals surface area contributed by atoms with Crippen molar-refractivity contribution < 1.29 is 13.2 Å². The molecular formula is C7H7F3N2. The van der Waals surface area contributed by atoms with Crippen LogP contribution in [-0.2, 0) is 0 Å². The molecule has 0 spiro atoms. The first kappa shape index (κ1) is 8.83. The zero-order chi connectivity index (χ0) is 9.30. The van der Waals surface area contributed by atoms with Crippen LogP contribution in [0.2, 0.25) is 0 Å². The summed E-state index contributed by atoms with van der Waals surface area (Å²) in [6.45, 7) is 1.36. The van der Waals surface area contributed by atoms with Gasteiger partial charge in [-0.2, -0.15) is 4.39 Å². The van der Waals surface area contributed by atoms with Crippen molar-refractivity contribution in [2.75, 3.05) is 5.73 Å². The van der Waals surface area contributed by atoms with Crippen LogP contribution in [0.25, 0.3) is 0 Å². The molecule has 5 heteroatoms. The number of pyridine rings is 1. The van der Waals surface area contributed by atoms with Crippen molar-refractivity contribution in [3.63, 3.8) is 0 Å². The van der Waals surface area contributed by atoms with E-state index in [9.17, 15) is 13.2 Å². The molecule has 0 aromatic carbocycles. The molecule has 1 heterocycles. The molecule has 0 atom stereocenters. The average Bonchev–Trinajstić information content (AvgIpc) is 1.82. The number of anilines is 1. The molecule has 0 saturated heterocycles. The summed E-state index contributed by atoms with van der Waals surface area (Å²) in [5.74, 6) is -1.28. The zero-order valence-corrected chi connectivity index (χ0v) is 6.31. The fourth-order valence-electron chi connectivity index (χ4n) is 0.950. The lowest BCUT2D eigenvalue weighted by atomic mass is 10.1. The predicted molar refractivity (Wildman–Crippen MR) is 38.3 cm³/mol. The second-order valence-electron chi connectivity index (χ2n) is 2.36. The maximum Gasteiger partial charge on any atom is 0.267 e. The molecular weight excluding hydrogens is 169 g/mol. The number of hydrogen-bond acceptors (Lipinski definition) is 2. The number of nitrogens with two attached hydrogens (primary N) is 1. The Labute approximate surface area is 67.2 Å². The van der Waals surface area contributed by atoms with E-state index in [1.807, 2.05) is 0 Å². The first-order valence-corrected chi connectivity index (χ1v) is 3.23. The lowest BCUT2D eigenvalue weighted by Gasteiger charge is -2.06. The topological polar surface area (TPSA) is 38.9 Å². The van der Waals surface area contributed by atoms with Gasteiger partial charge in [-0.25, -0.2) is 13.8 Å². The Balaban J connectivity index is 3.28. The Hall–Kier alpha value is -1.26. The molecule has 0 fully saturated rings. The monoisotopic (exact) mass is 176 g/mol. The molecule has 0 aliphatic heterocycles. The third-order valence-corrected chi connectivity index (χ3v) is 1.48. The molecule has 0 bridgehead atoms. The Kier molecular flexibility index (Phi) is 2.21. The van der Waals surface area contributed by atoms with Crippen LogP contribution in [0.15, 0.2) is 6.07 Å². The van der Waals surface area contributed by atoms with E-state index in [0.29, 0.717) is 0 Å². The van der Waals surface area contributed by atoms with Crippen molar-refractivity contribution in [3.05, 3.63) is 23.1 Å². The summed E-state index contributed by atoms with van der Waals surface area (Å²) < 4.78 is 36.8. The molecule has 66 valence electrons. The van der Waals surface area contributed by atoms with Gasteiger partial charge in [-0.05, 0) is 18.6 Å². The van der Waals surface area contributed by atoms with Crippen LogP contribution in [0.4, 0.5) is 19.0 Å². The minimum Gasteiger partial charge on any atom is -0.383 e. The standard InChI is InChI=1S/C7H7F3N2/c1-3-2-4(8)12-7(11)5(3)6(9)10/h2,6H,1H3,(H2,11,12). The van der Waals surface area contributed by atoms with Gasteiger partial charge in [0.05, 0.1) is 5.56 Å². The number of hydrogen-bond donors (Lipinski definition) is 1. The lowest BCUT2D eigenvalue weighted by molar-refractivity contribution is 0.151.